The largest absolute Gasteiger partial charge is 0.490 e. The number of rotatable bonds is 8. The molecule has 0 bridgehead atoms. The molecule has 0 aliphatic heterocycles. The Labute approximate surface area is 139 Å². The molecule has 0 heterocycles. The van der Waals surface area contributed by atoms with E-state index < -0.39 is 5.91 Å². The Morgan fingerprint density at radius 3 is 2.59 bits per heavy atom. The molecule has 1 rings (SSSR count). The Hall–Kier alpha value is -1.54. The fourth-order valence-corrected chi connectivity index (χ4v) is 1.62. The number of carbonyl (C=O) groups excluding carboxylic acids is 2. The van der Waals surface area contributed by atoms with E-state index in [-0.39, 0.29) is 31.4 Å². The van der Waals surface area contributed by atoms with Crippen molar-refractivity contribution in [3.8, 4) is 5.75 Å². The van der Waals surface area contributed by atoms with Crippen LogP contribution < -0.4 is 21.1 Å². The lowest BCUT2D eigenvalue weighted by atomic mass is 10.3. The molecule has 0 aliphatic carbocycles. The Balaban J connectivity index is 0.00000441. The number of amides is 2. The van der Waals surface area contributed by atoms with Gasteiger partial charge in [-0.05, 0) is 18.2 Å². The van der Waals surface area contributed by atoms with E-state index in [0.717, 1.165) is 0 Å². The van der Waals surface area contributed by atoms with Crippen molar-refractivity contribution in [3.63, 3.8) is 0 Å². The Morgan fingerprint density at radius 1 is 1.27 bits per heavy atom. The van der Waals surface area contributed by atoms with Crippen LogP contribution in [0.2, 0.25) is 5.02 Å². The van der Waals surface area contributed by atoms with Crippen molar-refractivity contribution >= 4 is 41.5 Å². The summed E-state index contributed by atoms with van der Waals surface area (Å²) in [4.78, 5) is 22.5. The molecule has 0 saturated carbocycles. The summed E-state index contributed by atoms with van der Waals surface area (Å²) in [5.74, 6) is -0.269. The number of methoxy groups -OCH3 is 1. The maximum absolute atomic E-state index is 11.6. The van der Waals surface area contributed by atoms with Gasteiger partial charge in [-0.15, -0.1) is 12.4 Å². The van der Waals surface area contributed by atoms with Crippen LogP contribution in [0.25, 0.3) is 0 Å². The third-order valence-corrected chi connectivity index (χ3v) is 2.69. The molecule has 0 fully saturated rings. The Kier molecular flexibility index (Phi) is 10.3. The molecule has 0 saturated heterocycles. The van der Waals surface area contributed by atoms with Gasteiger partial charge in [0.15, 0.2) is 0 Å². The lowest BCUT2D eigenvalue weighted by molar-refractivity contribution is -0.123. The first kappa shape index (κ1) is 20.5. The van der Waals surface area contributed by atoms with Gasteiger partial charge in [-0.1, -0.05) is 11.6 Å². The van der Waals surface area contributed by atoms with Crippen molar-refractivity contribution in [1.82, 2.24) is 5.32 Å². The van der Waals surface area contributed by atoms with Gasteiger partial charge in [0.05, 0.1) is 24.7 Å². The predicted octanol–water partition coefficient (Wildman–Crippen LogP) is 0.800. The average molecular weight is 352 g/mol. The zero-order valence-corrected chi connectivity index (χ0v) is 13.6. The highest BCUT2D eigenvalue weighted by molar-refractivity contribution is 6.32. The number of hydrogen-bond acceptors (Lipinski definition) is 5. The van der Waals surface area contributed by atoms with Crippen LogP contribution in [0.3, 0.4) is 0 Å². The fourth-order valence-electron chi connectivity index (χ4n) is 1.39. The highest BCUT2D eigenvalue weighted by atomic mass is 35.5. The van der Waals surface area contributed by atoms with Crippen molar-refractivity contribution in [1.29, 1.82) is 0 Å². The second kappa shape index (κ2) is 11.1. The van der Waals surface area contributed by atoms with E-state index in [9.17, 15) is 9.59 Å². The highest BCUT2D eigenvalue weighted by Crippen LogP contribution is 2.27. The molecule has 0 radical (unpaired) electrons. The minimum absolute atomic E-state index is 0. The number of benzene rings is 1. The average Bonchev–Trinajstić information content (AvgIpc) is 2.47. The van der Waals surface area contributed by atoms with Crippen LogP contribution >= 0.6 is 24.0 Å². The summed E-state index contributed by atoms with van der Waals surface area (Å²) in [7, 11) is 1.58. The molecule has 0 aliphatic rings. The van der Waals surface area contributed by atoms with Gasteiger partial charge in [0.2, 0.25) is 11.8 Å². The monoisotopic (exact) mass is 351 g/mol. The van der Waals surface area contributed by atoms with Gasteiger partial charge in [-0.2, -0.15) is 0 Å². The van der Waals surface area contributed by atoms with E-state index in [0.29, 0.717) is 29.7 Å². The number of halogens is 2. The molecule has 1 aromatic rings. The smallest absolute Gasteiger partial charge is 0.243 e. The minimum Gasteiger partial charge on any atom is -0.490 e. The van der Waals surface area contributed by atoms with E-state index in [1.54, 1.807) is 25.3 Å². The summed E-state index contributed by atoms with van der Waals surface area (Å²) in [5.41, 5.74) is 5.62. The van der Waals surface area contributed by atoms with E-state index in [4.69, 9.17) is 26.8 Å². The van der Waals surface area contributed by atoms with E-state index >= 15 is 0 Å². The lowest BCUT2D eigenvalue weighted by Gasteiger charge is -2.10. The second-order valence-electron chi connectivity index (χ2n) is 4.02. The van der Waals surface area contributed by atoms with Crippen LogP contribution in [0.15, 0.2) is 18.2 Å². The summed E-state index contributed by atoms with van der Waals surface area (Å²) in [6, 6.07) is 4.86. The van der Waals surface area contributed by atoms with Gasteiger partial charge in [0.25, 0.3) is 0 Å². The summed E-state index contributed by atoms with van der Waals surface area (Å²) in [6.45, 7) is 0.523. The number of anilines is 1. The SMILES string of the molecule is COCCOc1ccc(NC(=O)CNC(=O)CN)cc1Cl.Cl. The highest BCUT2D eigenvalue weighted by Gasteiger charge is 2.07. The van der Waals surface area contributed by atoms with Crippen molar-refractivity contribution in [2.45, 2.75) is 0 Å². The maximum atomic E-state index is 11.6. The molecular weight excluding hydrogens is 333 g/mol. The normalized spacial score (nSPS) is 9.59. The van der Waals surface area contributed by atoms with Gasteiger partial charge >= 0.3 is 0 Å². The van der Waals surface area contributed by atoms with E-state index in [2.05, 4.69) is 10.6 Å². The summed E-state index contributed by atoms with van der Waals surface area (Å²) in [6.07, 6.45) is 0. The number of carbonyl (C=O) groups is 2. The van der Waals surface area contributed by atoms with Crippen LogP contribution in [0.5, 0.6) is 5.75 Å². The number of nitrogens with one attached hydrogen (secondary N) is 2. The second-order valence-corrected chi connectivity index (χ2v) is 4.42. The predicted molar refractivity (Wildman–Crippen MR) is 86.8 cm³/mol. The van der Waals surface area contributed by atoms with Crippen molar-refractivity contribution in [2.75, 3.05) is 38.7 Å². The van der Waals surface area contributed by atoms with E-state index in [1.165, 1.54) is 0 Å². The molecule has 9 heteroatoms. The standard InChI is InChI=1S/C13H18ClN3O4.ClH/c1-20-4-5-21-11-3-2-9(6-10(11)14)17-13(19)8-16-12(18)7-15;/h2-3,6H,4-5,7-8,15H2,1H3,(H,16,18)(H,17,19);1H. The number of hydrogen-bond donors (Lipinski definition) is 3. The maximum Gasteiger partial charge on any atom is 0.243 e. The van der Waals surface area contributed by atoms with Crippen LogP contribution in [0, 0.1) is 0 Å². The van der Waals surface area contributed by atoms with E-state index in [1.807, 2.05) is 0 Å². The summed E-state index contributed by atoms with van der Waals surface area (Å²) >= 11 is 6.04. The molecule has 124 valence electrons. The Bertz CT molecular complexity index is 500. The van der Waals surface area contributed by atoms with Gasteiger partial charge in [-0.3, -0.25) is 9.59 Å². The van der Waals surface area contributed by atoms with Crippen LogP contribution in [-0.2, 0) is 14.3 Å². The molecular formula is C13H19Cl2N3O4. The topological polar surface area (TPSA) is 103 Å². The summed E-state index contributed by atoms with van der Waals surface area (Å²) < 4.78 is 10.3. The molecule has 0 aromatic heterocycles. The summed E-state index contributed by atoms with van der Waals surface area (Å²) in [5, 5.41) is 5.33. The number of ether oxygens (including phenoxy) is 2. The van der Waals surface area contributed by atoms with Gasteiger partial charge in [-0.25, -0.2) is 0 Å². The van der Waals surface area contributed by atoms with Crippen LogP contribution in [-0.4, -0.2) is 45.2 Å². The van der Waals surface area contributed by atoms with Gasteiger partial charge in [0.1, 0.15) is 12.4 Å². The molecule has 1 aromatic carbocycles. The van der Waals surface area contributed by atoms with Crippen molar-refractivity contribution in [3.05, 3.63) is 23.2 Å². The zero-order chi connectivity index (χ0) is 15.7. The van der Waals surface area contributed by atoms with Crippen LogP contribution in [0.1, 0.15) is 0 Å². The first-order valence-corrected chi connectivity index (χ1v) is 6.62. The lowest BCUT2D eigenvalue weighted by Crippen LogP contribution is -2.36. The minimum atomic E-state index is -0.398. The zero-order valence-electron chi connectivity index (χ0n) is 12.1. The third kappa shape index (κ3) is 7.46. The van der Waals surface area contributed by atoms with Crippen molar-refractivity contribution in [2.24, 2.45) is 5.73 Å². The molecule has 2 amide bonds. The van der Waals surface area contributed by atoms with Gasteiger partial charge < -0.3 is 25.8 Å². The van der Waals surface area contributed by atoms with Crippen LogP contribution in [0.4, 0.5) is 5.69 Å². The first-order chi connectivity index (χ1) is 10.1. The Morgan fingerprint density at radius 2 is 2.00 bits per heavy atom. The molecule has 7 nitrogen and oxygen atoms in total. The first-order valence-electron chi connectivity index (χ1n) is 6.24. The molecule has 22 heavy (non-hydrogen) atoms. The molecule has 0 spiro atoms. The fraction of sp³-hybridized carbons (Fsp3) is 0.385. The molecule has 0 unspecified atom stereocenters. The van der Waals surface area contributed by atoms with Crippen molar-refractivity contribution < 1.29 is 19.1 Å². The number of nitrogens with two attached hydrogens (primary N) is 1. The quantitative estimate of drug-likeness (QED) is 0.601. The molecule has 0 atom stereocenters. The third-order valence-electron chi connectivity index (χ3n) is 2.39. The molecule has 4 N–H and O–H groups in total. The van der Waals surface area contributed by atoms with Gasteiger partial charge in [0, 0.05) is 12.8 Å².